The number of rotatable bonds is 4. The molecule has 0 bridgehead atoms. The third-order valence-electron chi connectivity index (χ3n) is 4.17. The molecule has 0 atom stereocenters. The van der Waals surface area contributed by atoms with E-state index in [1.165, 1.54) is 43.2 Å². The molecule has 0 unspecified atom stereocenters. The van der Waals surface area contributed by atoms with Crippen molar-refractivity contribution in [3.63, 3.8) is 0 Å². The van der Waals surface area contributed by atoms with Crippen LogP contribution in [0.5, 0.6) is 0 Å². The van der Waals surface area contributed by atoms with Crippen molar-refractivity contribution in [1.29, 1.82) is 0 Å². The molecule has 0 aromatic heterocycles. The summed E-state index contributed by atoms with van der Waals surface area (Å²) in [5.74, 6) is 0. The van der Waals surface area contributed by atoms with Gasteiger partial charge in [0.1, 0.15) is 0 Å². The van der Waals surface area contributed by atoms with Crippen LogP contribution in [-0.2, 0) is 16.8 Å². The van der Waals surface area contributed by atoms with E-state index in [1.54, 1.807) is 7.11 Å². The molecule has 100 valence electrons. The Morgan fingerprint density at radius 2 is 2.00 bits per heavy atom. The number of nitrogens with two attached hydrogens (primary N) is 1. The first-order valence-electron chi connectivity index (χ1n) is 6.70. The lowest BCUT2D eigenvalue weighted by molar-refractivity contribution is 0.184. The summed E-state index contributed by atoms with van der Waals surface area (Å²) < 4.78 is 6.33. The zero-order valence-corrected chi connectivity index (χ0v) is 12.6. The number of ether oxygens (including phenoxy) is 1. The van der Waals surface area contributed by atoms with Gasteiger partial charge in [0.2, 0.25) is 0 Å². The summed E-state index contributed by atoms with van der Waals surface area (Å²) in [5.41, 5.74) is 8.86. The van der Waals surface area contributed by atoms with Crippen molar-refractivity contribution in [1.82, 2.24) is 0 Å². The smallest absolute Gasteiger partial charge is 0.0724 e. The lowest BCUT2D eigenvalue weighted by Gasteiger charge is -2.37. The van der Waals surface area contributed by atoms with Gasteiger partial charge in [-0.3, -0.25) is 0 Å². The molecule has 0 saturated heterocycles. The molecule has 2 rings (SSSR count). The van der Waals surface area contributed by atoms with Gasteiger partial charge >= 0.3 is 0 Å². The topological polar surface area (TPSA) is 35.2 Å². The lowest BCUT2D eigenvalue weighted by atomic mass is 9.69. The molecule has 1 aliphatic carbocycles. The molecular weight excluding hydrogens is 290 g/mol. The standard InChI is InChI=1S/C15H22BrNO/c1-18-10-12-5-6-13(9-14(12)16)15(11-17)7-3-2-4-8-15/h5-6,9H,2-4,7-8,10-11,17H2,1H3. The van der Waals surface area contributed by atoms with Gasteiger partial charge in [-0.2, -0.15) is 0 Å². The maximum absolute atomic E-state index is 6.08. The maximum atomic E-state index is 6.08. The van der Waals surface area contributed by atoms with Crippen molar-refractivity contribution in [3.05, 3.63) is 33.8 Å². The predicted octanol–water partition coefficient (Wildman–Crippen LogP) is 3.76. The molecule has 1 saturated carbocycles. The summed E-state index contributed by atoms with van der Waals surface area (Å²) in [5, 5.41) is 0. The maximum Gasteiger partial charge on any atom is 0.0724 e. The quantitative estimate of drug-likeness (QED) is 0.919. The fourth-order valence-electron chi connectivity index (χ4n) is 2.99. The van der Waals surface area contributed by atoms with Crippen molar-refractivity contribution in [2.75, 3.05) is 13.7 Å². The van der Waals surface area contributed by atoms with E-state index in [1.807, 2.05) is 0 Å². The Morgan fingerprint density at radius 1 is 1.28 bits per heavy atom. The van der Waals surface area contributed by atoms with E-state index in [9.17, 15) is 0 Å². The normalized spacial score (nSPS) is 18.8. The van der Waals surface area contributed by atoms with Crippen molar-refractivity contribution < 1.29 is 4.74 Å². The third-order valence-corrected chi connectivity index (χ3v) is 4.90. The van der Waals surface area contributed by atoms with E-state index in [-0.39, 0.29) is 5.41 Å². The van der Waals surface area contributed by atoms with Gasteiger partial charge in [-0.05, 0) is 30.0 Å². The molecule has 2 nitrogen and oxygen atoms in total. The van der Waals surface area contributed by atoms with E-state index < -0.39 is 0 Å². The van der Waals surface area contributed by atoms with Crippen LogP contribution >= 0.6 is 15.9 Å². The van der Waals surface area contributed by atoms with Gasteiger partial charge in [0.05, 0.1) is 6.61 Å². The second kappa shape index (κ2) is 6.18. The zero-order valence-electron chi connectivity index (χ0n) is 11.0. The Labute approximate surface area is 118 Å². The van der Waals surface area contributed by atoms with Gasteiger partial charge in [0.25, 0.3) is 0 Å². The number of methoxy groups -OCH3 is 1. The highest BCUT2D eigenvalue weighted by Gasteiger charge is 2.32. The summed E-state index contributed by atoms with van der Waals surface area (Å²) in [6, 6.07) is 6.64. The van der Waals surface area contributed by atoms with Gasteiger partial charge in [0.15, 0.2) is 0 Å². The van der Waals surface area contributed by atoms with Crippen molar-refractivity contribution in [3.8, 4) is 0 Å². The van der Waals surface area contributed by atoms with Crippen molar-refractivity contribution >= 4 is 15.9 Å². The molecule has 1 aromatic carbocycles. The van der Waals surface area contributed by atoms with Gasteiger partial charge in [-0.1, -0.05) is 47.3 Å². The lowest BCUT2D eigenvalue weighted by Crippen LogP contribution is -2.37. The molecule has 1 aromatic rings. The van der Waals surface area contributed by atoms with Crippen LogP contribution in [0.1, 0.15) is 43.2 Å². The summed E-state index contributed by atoms with van der Waals surface area (Å²) in [4.78, 5) is 0. The molecule has 2 N–H and O–H groups in total. The molecule has 18 heavy (non-hydrogen) atoms. The third kappa shape index (κ3) is 2.79. The molecular formula is C15H22BrNO. The molecule has 0 spiro atoms. The van der Waals surface area contributed by atoms with Crippen LogP contribution in [0.25, 0.3) is 0 Å². The van der Waals surface area contributed by atoms with E-state index in [0.29, 0.717) is 6.61 Å². The van der Waals surface area contributed by atoms with Gasteiger partial charge in [-0.15, -0.1) is 0 Å². The number of hydrogen-bond donors (Lipinski definition) is 1. The first-order chi connectivity index (χ1) is 8.72. The van der Waals surface area contributed by atoms with Crippen LogP contribution < -0.4 is 5.73 Å². The fourth-order valence-corrected chi connectivity index (χ4v) is 3.48. The van der Waals surface area contributed by atoms with E-state index in [2.05, 4.69) is 34.1 Å². The Bertz CT molecular complexity index is 399. The Hall–Kier alpha value is -0.380. The van der Waals surface area contributed by atoms with Crippen molar-refractivity contribution in [2.45, 2.75) is 44.1 Å². The van der Waals surface area contributed by atoms with Gasteiger partial charge < -0.3 is 10.5 Å². The Kier molecular flexibility index (Phi) is 4.82. The molecule has 3 heteroatoms. The second-order valence-corrected chi connectivity index (χ2v) is 6.14. The van der Waals surface area contributed by atoms with Crippen molar-refractivity contribution in [2.24, 2.45) is 5.73 Å². The molecule has 1 fully saturated rings. The number of benzene rings is 1. The predicted molar refractivity (Wildman–Crippen MR) is 78.7 cm³/mol. The SMILES string of the molecule is COCc1ccc(C2(CN)CCCCC2)cc1Br. The minimum absolute atomic E-state index is 0.201. The van der Waals surface area contributed by atoms with Crippen LogP contribution in [0.2, 0.25) is 0 Å². The van der Waals surface area contributed by atoms with Gasteiger partial charge in [-0.25, -0.2) is 0 Å². The van der Waals surface area contributed by atoms with E-state index in [4.69, 9.17) is 10.5 Å². The summed E-state index contributed by atoms with van der Waals surface area (Å²) in [6.45, 7) is 1.40. The Morgan fingerprint density at radius 3 is 2.56 bits per heavy atom. The highest BCUT2D eigenvalue weighted by molar-refractivity contribution is 9.10. The van der Waals surface area contributed by atoms with Crippen LogP contribution in [0.15, 0.2) is 22.7 Å². The highest BCUT2D eigenvalue weighted by Crippen LogP contribution is 2.39. The molecule has 0 aliphatic heterocycles. The average molecular weight is 312 g/mol. The molecule has 0 heterocycles. The molecule has 0 radical (unpaired) electrons. The van der Waals surface area contributed by atoms with E-state index in [0.717, 1.165) is 11.0 Å². The largest absolute Gasteiger partial charge is 0.380 e. The zero-order chi connectivity index (χ0) is 13.0. The number of hydrogen-bond acceptors (Lipinski definition) is 2. The summed E-state index contributed by atoms with van der Waals surface area (Å²) in [7, 11) is 1.73. The second-order valence-electron chi connectivity index (χ2n) is 5.28. The average Bonchev–Trinajstić information content (AvgIpc) is 2.42. The summed E-state index contributed by atoms with van der Waals surface area (Å²) in [6.07, 6.45) is 6.40. The van der Waals surface area contributed by atoms with Crippen LogP contribution in [0.4, 0.5) is 0 Å². The fraction of sp³-hybridized carbons (Fsp3) is 0.600. The van der Waals surface area contributed by atoms with E-state index >= 15 is 0 Å². The number of halogens is 1. The van der Waals surface area contributed by atoms with Crippen LogP contribution in [0.3, 0.4) is 0 Å². The minimum Gasteiger partial charge on any atom is -0.380 e. The minimum atomic E-state index is 0.201. The first-order valence-corrected chi connectivity index (χ1v) is 7.49. The molecule has 0 amide bonds. The van der Waals surface area contributed by atoms with Gasteiger partial charge in [0, 0.05) is 23.5 Å². The monoisotopic (exact) mass is 311 g/mol. The van der Waals surface area contributed by atoms with Crippen LogP contribution in [0, 0.1) is 0 Å². The Balaban J connectivity index is 2.28. The van der Waals surface area contributed by atoms with Crippen LogP contribution in [-0.4, -0.2) is 13.7 Å². The first kappa shape index (κ1) is 14.0. The summed E-state index contributed by atoms with van der Waals surface area (Å²) >= 11 is 3.65. The highest BCUT2D eigenvalue weighted by atomic mass is 79.9. The molecule has 1 aliphatic rings.